The highest BCUT2D eigenvalue weighted by molar-refractivity contribution is 6.13. The van der Waals surface area contributed by atoms with Crippen LogP contribution in [0.15, 0.2) is 24.3 Å². The highest BCUT2D eigenvalue weighted by Gasteiger charge is 2.27. The Morgan fingerprint density at radius 3 is 2.67 bits per heavy atom. The summed E-state index contributed by atoms with van der Waals surface area (Å²) in [5, 5.41) is 10.5. The minimum absolute atomic E-state index is 0.0260. The van der Waals surface area contributed by atoms with Gasteiger partial charge in [0.15, 0.2) is 5.78 Å². The molecule has 0 fully saturated rings. The number of ketones is 2. The standard InChI is InChI=1S/C12H12FNO4/c1-2-4-10(15)11(13)12(16)8-5-3-6-9(7-8)14(17)18/h3,5-7,11H,2,4H2,1H3. The number of hydrogen-bond acceptors (Lipinski definition) is 4. The Bertz CT molecular complexity index is 487. The van der Waals surface area contributed by atoms with Crippen LogP contribution >= 0.6 is 0 Å². The molecule has 5 nitrogen and oxygen atoms in total. The molecule has 6 heteroatoms. The van der Waals surface area contributed by atoms with Gasteiger partial charge >= 0.3 is 0 Å². The molecular weight excluding hydrogens is 241 g/mol. The van der Waals surface area contributed by atoms with Crippen LogP contribution in [0.2, 0.25) is 0 Å². The van der Waals surface area contributed by atoms with Crippen molar-refractivity contribution < 1.29 is 18.9 Å². The number of non-ortho nitro benzene ring substituents is 1. The van der Waals surface area contributed by atoms with Gasteiger partial charge in [-0.15, -0.1) is 0 Å². The van der Waals surface area contributed by atoms with E-state index >= 15 is 0 Å². The number of nitro groups is 1. The normalized spacial score (nSPS) is 11.9. The van der Waals surface area contributed by atoms with Crippen molar-refractivity contribution in [3.8, 4) is 0 Å². The number of benzene rings is 1. The molecule has 18 heavy (non-hydrogen) atoms. The Morgan fingerprint density at radius 2 is 2.11 bits per heavy atom. The van der Waals surface area contributed by atoms with Crippen molar-refractivity contribution in [3.05, 3.63) is 39.9 Å². The minimum Gasteiger partial charge on any atom is -0.296 e. The zero-order valence-electron chi connectivity index (χ0n) is 9.76. The van der Waals surface area contributed by atoms with E-state index in [1.807, 2.05) is 0 Å². The van der Waals surface area contributed by atoms with Crippen LogP contribution in [-0.2, 0) is 4.79 Å². The van der Waals surface area contributed by atoms with Crippen molar-refractivity contribution in [3.63, 3.8) is 0 Å². The Balaban J connectivity index is 2.93. The molecule has 0 aliphatic heterocycles. The van der Waals surface area contributed by atoms with Gasteiger partial charge in [-0.2, -0.15) is 0 Å². The van der Waals surface area contributed by atoms with Crippen LogP contribution in [0, 0.1) is 10.1 Å². The van der Waals surface area contributed by atoms with Gasteiger partial charge in [-0.1, -0.05) is 19.1 Å². The summed E-state index contributed by atoms with van der Waals surface area (Å²) in [4.78, 5) is 32.7. The maximum atomic E-state index is 13.5. The molecule has 0 saturated heterocycles. The maximum Gasteiger partial charge on any atom is 0.270 e. The van der Waals surface area contributed by atoms with E-state index in [2.05, 4.69) is 0 Å². The zero-order chi connectivity index (χ0) is 13.7. The molecule has 0 heterocycles. The van der Waals surface area contributed by atoms with E-state index in [4.69, 9.17) is 0 Å². The van der Waals surface area contributed by atoms with E-state index in [1.165, 1.54) is 18.2 Å². The predicted octanol–water partition coefficient (Wildman–Crippen LogP) is 2.48. The van der Waals surface area contributed by atoms with E-state index in [1.54, 1.807) is 6.92 Å². The van der Waals surface area contributed by atoms with Crippen LogP contribution in [-0.4, -0.2) is 22.7 Å². The van der Waals surface area contributed by atoms with Gasteiger partial charge in [0.1, 0.15) is 0 Å². The number of nitrogens with zero attached hydrogens (tertiary/aromatic N) is 1. The van der Waals surface area contributed by atoms with E-state index in [0.29, 0.717) is 6.42 Å². The van der Waals surface area contributed by atoms with Crippen molar-refractivity contribution in [2.24, 2.45) is 0 Å². The molecule has 0 N–H and O–H groups in total. The van der Waals surface area contributed by atoms with Gasteiger partial charge in [0.05, 0.1) is 4.92 Å². The number of alkyl halides is 1. The average molecular weight is 253 g/mol. The number of nitro benzene ring substituents is 1. The third-order valence-corrected chi connectivity index (χ3v) is 2.35. The predicted molar refractivity (Wildman–Crippen MR) is 62.2 cm³/mol. The van der Waals surface area contributed by atoms with Crippen LogP contribution < -0.4 is 0 Å². The molecule has 0 aliphatic rings. The lowest BCUT2D eigenvalue weighted by atomic mass is 10.0. The quantitative estimate of drug-likeness (QED) is 0.337. The molecule has 0 spiro atoms. The lowest BCUT2D eigenvalue weighted by Gasteiger charge is -2.05. The van der Waals surface area contributed by atoms with E-state index in [-0.39, 0.29) is 17.7 Å². The molecule has 1 unspecified atom stereocenters. The number of rotatable bonds is 6. The average Bonchev–Trinajstić information content (AvgIpc) is 2.37. The Morgan fingerprint density at radius 1 is 1.44 bits per heavy atom. The van der Waals surface area contributed by atoms with Crippen molar-refractivity contribution in [2.45, 2.75) is 25.9 Å². The number of hydrogen-bond donors (Lipinski definition) is 0. The molecule has 0 radical (unpaired) electrons. The second-order valence-electron chi connectivity index (χ2n) is 3.75. The smallest absolute Gasteiger partial charge is 0.270 e. The molecule has 1 aromatic carbocycles. The SMILES string of the molecule is CCCC(=O)C(F)C(=O)c1cccc([N+](=O)[O-])c1. The number of halogens is 1. The highest BCUT2D eigenvalue weighted by Crippen LogP contribution is 2.16. The molecule has 0 aromatic heterocycles. The highest BCUT2D eigenvalue weighted by atomic mass is 19.1. The third kappa shape index (κ3) is 3.19. The lowest BCUT2D eigenvalue weighted by Crippen LogP contribution is -2.25. The van der Waals surface area contributed by atoms with E-state index < -0.39 is 22.7 Å². The first-order valence-electron chi connectivity index (χ1n) is 5.42. The summed E-state index contributed by atoms with van der Waals surface area (Å²) >= 11 is 0. The lowest BCUT2D eigenvalue weighted by molar-refractivity contribution is -0.384. The largest absolute Gasteiger partial charge is 0.296 e. The van der Waals surface area contributed by atoms with Crippen LogP contribution in [0.4, 0.5) is 10.1 Å². The minimum atomic E-state index is -2.24. The van der Waals surface area contributed by atoms with Gasteiger partial charge in [0.2, 0.25) is 12.0 Å². The summed E-state index contributed by atoms with van der Waals surface area (Å²) in [7, 11) is 0. The van der Waals surface area contributed by atoms with Gasteiger partial charge in [-0.25, -0.2) is 4.39 Å². The Labute approximate surface area is 103 Å². The molecule has 1 rings (SSSR count). The van der Waals surface area contributed by atoms with Gasteiger partial charge in [0.25, 0.3) is 5.69 Å². The topological polar surface area (TPSA) is 77.3 Å². The second kappa shape index (κ2) is 6.00. The van der Waals surface area contributed by atoms with Crippen LogP contribution in [0.1, 0.15) is 30.1 Å². The van der Waals surface area contributed by atoms with E-state index in [0.717, 1.165) is 6.07 Å². The molecule has 1 aromatic rings. The first kappa shape index (κ1) is 14.0. The fourth-order valence-electron chi connectivity index (χ4n) is 1.44. The van der Waals surface area contributed by atoms with Gasteiger partial charge in [-0.3, -0.25) is 19.7 Å². The Kier molecular flexibility index (Phi) is 4.65. The van der Waals surface area contributed by atoms with Crippen LogP contribution in [0.25, 0.3) is 0 Å². The molecule has 0 bridgehead atoms. The summed E-state index contributed by atoms with van der Waals surface area (Å²) in [6, 6.07) is 4.69. The molecular formula is C12H12FNO4. The van der Waals surface area contributed by atoms with Crippen molar-refractivity contribution in [2.75, 3.05) is 0 Å². The maximum absolute atomic E-state index is 13.5. The summed E-state index contributed by atoms with van der Waals surface area (Å²) in [5.74, 6) is -1.83. The summed E-state index contributed by atoms with van der Waals surface area (Å²) < 4.78 is 13.5. The molecule has 0 aliphatic carbocycles. The van der Waals surface area contributed by atoms with Crippen LogP contribution in [0.5, 0.6) is 0 Å². The van der Waals surface area contributed by atoms with Crippen LogP contribution in [0.3, 0.4) is 0 Å². The first-order valence-corrected chi connectivity index (χ1v) is 5.42. The monoisotopic (exact) mass is 253 g/mol. The fourth-order valence-corrected chi connectivity index (χ4v) is 1.44. The number of carbonyl (C=O) groups excluding carboxylic acids is 2. The Hall–Kier alpha value is -2.11. The summed E-state index contributed by atoms with van der Waals surface area (Å²) in [6.45, 7) is 1.70. The number of carbonyl (C=O) groups is 2. The van der Waals surface area contributed by atoms with Gasteiger partial charge in [0, 0.05) is 24.1 Å². The van der Waals surface area contributed by atoms with Crippen molar-refractivity contribution >= 4 is 17.3 Å². The summed E-state index contributed by atoms with van der Waals surface area (Å²) in [6.07, 6.45) is -1.82. The zero-order valence-corrected chi connectivity index (χ0v) is 9.76. The van der Waals surface area contributed by atoms with Crippen molar-refractivity contribution in [1.29, 1.82) is 0 Å². The van der Waals surface area contributed by atoms with Crippen molar-refractivity contribution in [1.82, 2.24) is 0 Å². The van der Waals surface area contributed by atoms with E-state index in [9.17, 15) is 24.1 Å². The van der Waals surface area contributed by atoms with Gasteiger partial charge < -0.3 is 0 Å². The summed E-state index contributed by atoms with van der Waals surface area (Å²) in [5.41, 5.74) is -0.475. The molecule has 0 saturated carbocycles. The fraction of sp³-hybridized carbons (Fsp3) is 0.333. The third-order valence-electron chi connectivity index (χ3n) is 2.35. The second-order valence-corrected chi connectivity index (χ2v) is 3.75. The molecule has 96 valence electrons. The molecule has 1 atom stereocenters. The molecule has 0 amide bonds. The van der Waals surface area contributed by atoms with Gasteiger partial charge in [-0.05, 0) is 6.42 Å². The number of Topliss-reactive ketones (excluding diaryl/α,β-unsaturated/α-hetero) is 2. The first-order chi connectivity index (χ1) is 8.47.